The molecule has 23 heavy (non-hydrogen) atoms. The predicted molar refractivity (Wildman–Crippen MR) is 88.4 cm³/mol. The number of hydrogen-bond acceptors (Lipinski definition) is 5. The van der Waals surface area contributed by atoms with E-state index >= 15 is 0 Å². The zero-order chi connectivity index (χ0) is 16.3. The first-order valence-corrected chi connectivity index (χ1v) is 7.36. The average molecular weight is 348 g/mol. The average Bonchev–Trinajstić information content (AvgIpc) is 2.48. The van der Waals surface area contributed by atoms with E-state index in [4.69, 9.17) is 0 Å². The van der Waals surface area contributed by atoms with Crippen molar-refractivity contribution in [2.75, 3.05) is 32.8 Å². The van der Waals surface area contributed by atoms with Crippen molar-refractivity contribution < 1.29 is 14.4 Å². The lowest BCUT2D eigenvalue weighted by Crippen LogP contribution is -2.49. The number of rotatable bonds is 5. The summed E-state index contributed by atoms with van der Waals surface area (Å²) in [4.78, 5) is 12.9. The Kier molecular flexibility index (Phi) is 6.88. The van der Waals surface area contributed by atoms with Gasteiger partial charge >= 0.3 is 0 Å². The van der Waals surface area contributed by atoms with E-state index in [1.54, 1.807) is 0 Å². The van der Waals surface area contributed by atoms with Gasteiger partial charge in [0.1, 0.15) is 5.82 Å². The number of nitrogens with one attached hydrogen (secondary N) is 1. The smallest absolute Gasteiger partial charge is 0.274 e. The lowest BCUT2D eigenvalue weighted by molar-refractivity contribution is -0.386. The number of aliphatic hydroxyl groups excluding tert-OH is 1. The monoisotopic (exact) mass is 347 g/mol. The molecule has 1 aromatic rings. The van der Waals surface area contributed by atoms with Crippen LogP contribution < -0.4 is 5.32 Å². The maximum Gasteiger partial charge on any atom is 0.274 e. The fraction of sp³-hybridized carbons (Fsp3) is 0.600. The van der Waals surface area contributed by atoms with Gasteiger partial charge in [-0.25, -0.2) is 4.39 Å². The van der Waals surface area contributed by atoms with Crippen molar-refractivity contribution in [2.24, 2.45) is 5.41 Å². The molecule has 0 amide bonds. The Morgan fingerprint density at radius 2 is 2.04 bits per heavy atom. The molecule has 0 spiro atoms. The molecule has 1 aliphatic heterocycles. The molecule has 0 saturated carbocycles. The number of halogens is 2. The Labute approximate surface area is 141 Å². The SMILES string of the molecule is CC(C)(CO)[C@@H](c1cc(F)ccc1[N+](=O)[O-])N1CCNCC1.Cl. The van der Waals surface area contributed by atoms with Gasteiger partial charge in [-0.1, -0.05) is 13.8 Å². The fourth-order valence-corrected chi connectivity index (χ4v) is 3.05. The van der Waals surface area contributed by atoms with Crippen LogP contribution in [0.2, 0.25) is 0 Å². The van der Waals surface area contributed by atoms with Crippen LogP contribution in [0.25, 0.3) is 0 Å². The first-order chi connectivity index (χ1) is 10.4. The molecule has 6 nitrogen and oxygen atoms in total. The molecule has 1 aliphatic rings. The summed E-state index contributed by atoms with van der Waals surface area (Å²) in [6, 6.07) is 3.11. The minimum Gasteiger partial charge on any atom is -0.396 e. The Morgan fingerprint density at radius 1 is 1.43 bits per heavy atom. The number of hydrogen-bond donors (Lipinski definition) is 2. The second-order valence-corrected chi connectivity index (χ2v) is 6.30. The Hall–Kier alpha value is -1.28. The maximum absolute atomic E-state index is 13.7. The van der Waals surface area contributed by atoms with Gasteiger partial charge in [-0.2, -0.15) is 0 Å². The third kappa shape index (κ3) is 4.38. The molecule has 130 valence electrons. The van der Waals surface area contributed by atoms with Crippen molar-refractivity contribution in [3.05, 3.63) is 39.7 Å². The minimum absolute atomic E-state index is 0. The Balaban J connectivity index is 0.00000264. The highest BCUT2D eigenvalue weighted by Gasteiger charge is 2.39. The van der Waals surface area contributed by atoms with Crippen LogP contribution in [0.3, 0.4) is 0 Å². The Morgan fingerprint density at radius 3 is 2.57 bits per heavy atom. The highest BCUT2D eigenvalue weighted by molar-refractivity contribution is 5.85. The van der Waals surface area contributed by atoms with Gasteiger partial charge in [-0.3, -0.25) is 15.0 Å². The molecule has 0 unspecified atom stereocenters. The molecule has 1 heterocycles. The van der Waals surface area contributed by atoms with Crippen molar-refractivity contribution in [1.29, 1.82) is 0 Å². The molecular weight excluding hydrogens is 325 g/mol. The number of nitrogens with zero attached hydrogens (tertiary/aromatic N) is 2. The van der Waals surface area contributed by atoms with E-state index in [1.807, 2.05) is 13.8 Å². The molecule has 0 aliphatic carbocycles. The van der Waals surface area contributed by atoms with E-state index in [9.17, 15) is 19.6 Å². The van der Waals surface area contributed by atoms with E-state index in [0.29, 0.717) is 18.7 Å². The number of nitro groups is 1. The summed E-state index contributed by atoms with van der Waals surface area (Å²) in [5.74, 6) is -0.505. The summed E-state index contributed by atoms with van der Waals surface area (Å²) in [7, 11) is 0. The first-order valence-electron chi connectivity index (χ1n) is 7.36. The summed E-state index contributed by atoms with van der Waals surface area (Å²) in [6.07, 6.45) is 0. The van der Waals surface area contributed by atoms with Crippen molar-refractivity contribution in [1.82, 2.24) is 10.2 Å². The minimum atomic E-state index is -0.629. The lowest BCUT2D eigenvalue weighted by Gasteiger charge is -2.43. The van der Waals surface area contributed by atoms with Gasteiger partial charge in [0.05, 0.1) is 10.5 Å². The summed E-state index contributed by atoms with van der Waals surface area (Å²) in [5, 5.41) is 24.3. The van der Waals surface area contributed by atoms with Crippen LogP contribution in [0, 0.1) is 21.3 Å². The molecule has 8 heteroatoms. The number of benzene rings is 1. The van der Waals surface area contributed by atoms with E-state index in [2.05, 4.69) is 10.2 Å². The maximum atomic E-state index is 13.7. The molecule has 0 bridgehead atoms. The van der Waals surface area contributed by atoms with E-state index < -0.39 is 22.2 Å². The summed E-state index contributed by atoms with van der Waals surface area (Å²) in [5.41, 5.74) is -0.409. The molecule has 1 saturated heterocycles. The number of piperazine rings is 1. The standard InChI is InChI=1S/C15H22FN3O3.ClH/c1-15(2,10-20)14(18-7-5-17-6-8-18)12-9-11(16)3-4-13(12)19(21)22;/h3-4,9,14,17,20H,5-8,10H2,1-2H3;1H/t14-;/m1./s1. The van der Waals surface area contributed by atoms with Crippen molar-refractivity contribution >= 4 is 18.1 Å². The van der Waals surface area contributed by atoms with E-state index in [1.165, 1.54) is 12.1 Å². The van der Waals surface area contributed by atoms with E-state index in [-0.39, 0.29) is 24.7 Å². The van der Waals surface area contributed by atoms with Gasteiger partial charge in [0.25, 0.3) is 5.69 Å². The van der Waals surface area contributed by atoms with Crippen molar-refractivity contribution in [3.63, 3.8) is 0 Å². The number of nitro benzene ring substituents is 1. The Bertz CT molecular complexity index is 551. The van der Waals surface area contributed by atoms with Gasteiger partial charge in [-0.15, -0.1) is 12.4 Å². The highest BCUT2D eigenvalue weighted by atomic mass is 35.5. The quantitative estimate of drug-likeness (QED) is 0.630. The molecular formula is C15H23ClFN3O3. The zero-order valence-electron chi connectivity index (χ0n) is 13.3. The van der Waals surface area contributed by atoms with Gasteiger partial charge in [-0.05, 0) is 12.1 Å². The number of aliphatic hydroxyl groups is 1. The van der Waals surface area contributed by atoms with Gasteiger partial charge in [0, 0.05) is 50.3 Å². The molecule has 2 rings (SSSR count). The second kappa shape index (κ2) is 8.01. The molecule has 0 aromatic heterocycles. The largest absolute Gasteiger partial charge is 0.396 e. The fourth-order valence-electron chi connectivity index (χ4n) is 3.05. The molecule has 1 atom stereocenters. The highest BCUT2D eigenvalue weighted by Crippen LogP contribution is 2.42. The van der Waals surface area contributed by atoms with Crippen molar-refractivity contribution in [3.8, 4) is 0 Å². The van der Waals surface area contributed by atoms with Gasteiger partial charge in [0.15, 0.2) is 0 Å². The zero-order valence-corrected chi connectivity index (χ0v) is 14.1. The molecule has 2 N–H and O–H groups in total. The van der Waals surface area contributed by atoms with Crippen LogP contribution in [-0.2, 0) is 0 Å². The third-order valence-electron chi connectivity index (χ3n) is 4.15. The lowest BCUT2D eigenvalue weighted by atomic mass is 9.79. The van der Waals surface area contributed by atoms with Crippen LogP contribution >= 0.6 is 12.4 Å². The molecule has 1 fully saturated rings. The van der Waals surface area contributed by atoms with Crippen LogP contribution in [0.5, 0.6) is 0 Å². The second-order valence-electron chi connectivity index (χ2n) is 6.30. The molecule has 0 radical (unpaired) electrons. The first kappa shape index (κ1) is 19.8. The van der Waals surface area contributed by atoms with Crippen LogP contribution in [0.15, 0.2) is 18.2 Å². The molecule has 1 aromatic carbocycles. The van der Waals surface area contributed by atoms with Gasteiger partial charge < -0.3 is 10.4 Å². The van der Waals surface area contributed by atoms with Crippen LogP contribution in [0.1, 0.15) is 25.5 Å². The van der Waals surface area contributed by atoms with Crippen LogP contribution in [0.4, 0.5) is 10.1 Å². The summed E-state index contributed by atoms with van der Waals surface area (Å²) >= 11 is 0. The topological polar surface area (TPSA) is 78.6 Å². The van der Waals surface area contributed by atoms with E-state index in [0.717, 1.165) is 19.2 Å². The summed E-state index contributed by atoms with van der Waals surface area (Å²) in [6.45, 7) is 6.46. The summed E-state index contributed by atoms with van der Waals surface area (Å²) < 4.78 is 13.7. The van der Waals surface area contributed by atoms with Gasteiger partial charge in [0.2, 0.25) is 0 Å². The predicted octanol–water partition coefficient (Wildman–Crippen LogP) is 2.12. The normalized spacial score (nSPS) is 17.4. The third-order valence-corrected chi connectivity index (χ3v) is 4.15. The van der Waals surface area contributed by atoms with Crippen LogP contribution in [-0.4, -0.2) is 47.7 Å². The van der Waals surface area contributed by atoms with Crippen molar-refractivity contribution in [2.45, 2.75) is 19.9 Å².